The second-order valence-electron chi connectivity index (χ2n) is 2.82. The Morgan fingerprint density at radius 3 is 2.18 bits per heavy atom. The van der Waals surface area contributed by atoms with Crippen LogP contribution in [0.15, 0.2) is 0 Å². The summed E-state index contributed by atoms with van der Waals surface area (Å²) in [6.07, 6.45) is -1.83. The third kappa shape index (κ3) is 1.65. The number of thiol groups is 1. The van der Waals surface area contributed by atoms with E-state index in [4.69, 9.17) is 0 Å². The maximum atomic E-state index is 10.8. The molecule has 1 fully saturated rings. The van der Waals surface area contributed by atoms with Crippen molar-refractivity contribution in [1.29, 1.82) is 0 Å². The summed E-state index contributed by atoms with van der Waals surface area (Å²) in [5, 5.41) is 0. The molecular formula is C6H8O4S. The number of cyclic esters (lactones) is 3. The van der Waals surface area contributed by atoms with Crippen LogP contribution in [0.2, 0.25) is 0 Å². The molecule has 4 nitrogen and oxygen atoms in total. The number of rotatable bonds is 1. The summed E-state index contributed by atoms with van der Waals surface area (Å²) >= 11 is 4.07. The average molecular weight is 176 g/mol. The fourth-order valence-electron chi connectivity index (χ4n) is 0.737. The Hall–Kier alpha value is -0.710. The Balaban J connectivity index is 2.76. The minimum absolute atomic E-state index is 0.671. The third-order valence-electron chi connectivity index (χ3n) is 1.25. The van der Waals surface area contributed by atoms with Crippen molar-refractivity contribution in [3.05, 3.63) is 0 Å². The maximum absolute atomic E-state index is 10.8. The highest BCUT2D eigenvalue weighted by atomic mass is 32.1. The molecule has 0 saturated carbocycles. The molecule has 62 valence electrons. The topological polar surface area (TPSA) is 52.6 Å². The van der Waals surface area contributed by atoms with Gasteiger partial charge in [0.15, 0.2) is 0 Å². The van der Waals surface area contributed by atoms with Crippen LogP contribution >= 0.6 is 12.6 Å². The van der Waals surface area contributed by atoms with Gasteiger partial charge < -0.3 is 9.47 Å². The van der Waals surface area contributed by atoms with Gasteiger partial charge in [-0.05, 0) is 13.8 Å². The molecular weight excluding hydrogens is 168 g/mol. The van der Waals surface area contributed by atoms with Gasteiger partial charge in [0.1, 0.15) is 0 Å². The number of carbonyl (C=O) groups is 2. The molecule has 5 heteroatoms. The van der Waals surface area contributed by atoms with Crippen molar-refractivity contribution in [2.75, 3.05) is 0 Å². The number of carbonyl (C=O) groups excluding carboxylic acids is 2. The van der Waals surface area contributed by atoms with Crippen LogP contribution in [0.25, 0.3) is 0 Å². The summed E-state index contributed by atoms with van der Waals surface area (Å²) in [5.41, 5.74) is 0. The first-order chi connectivity index (χ1) is 4.91. The summed E-state index contributed by atoms with van der Waals surface area (Å²) in [7, 11) is 0. The number of hydrogen-bond donors (Lipinski definition) is 1. The Labute approximate surface area is 69.3 Å². The van der Waals surface area contributed by atoms with E-state index in [1.54, 1.807) is 13.8 Å². The van der Waals surface area contributed by atoms with E-state index >= 15 is 0 Å². The van der Waals surface area contributed by atoms with Crippen LogP contribution in [0.4, 0.5) is 4.79 Å². The minimum Gasteiger partial charge on any atom is -0.417 e. The van der Waals surface area contributed by atoms with Gasteiger partial charge in [-0.1, -0.05) is 0 Å². The summed E-state index contributed by atoms with van der Waals surface area (Å²) in [5.74, 6) is -0.671. The van der Waals surface area contributed by atoms with E-state index in [1.807, 2.05) is 0 Å². The first-order valence-electron chi connectivity index (χ1n) is 3.06. The van der Waals surface area contributed by atoms with Gasteiger partial charge in [-0.25, -0.2) is 9.59 Å². The van der Waals surface area contributed by atoms with E-state index in [-0.39, 0.29) is 0 Å². The van der Waals surface area contributed by atoms with Gasteiger partial charge in [0.25, 0.3) is 0 Å². The SMILES string of the molecule is CC(C)(S)C1OC(=O)OC1=O. The average Bonchev–Trinajstić information content (AvgIpc) is 2.08. The van der Waals surface area contributed by atoms with Crippen LogP contribution in [-0.4, -0.2) is 23.0 Å². The highest BCUT2D eigenvalue weighted by Crippen LogP contribution is 2.25. The molecule has 0 aliphatic carbocycles. The lowest BCUT2D eigenvalue weighted by Gasteiger charge is -2.19. The van der Waals surface area contributed by atoms with Crippen molar-refractivity contribution in [2.45, 2.75) is 24.7 Å². The van der Waals surface area contributed by atoms with Crippen molar-refractivity contribution in [1.82, 2.24) is 0 Å². The molecule has 1 aliphatic heterocycles. The standard InChI is InChI=1S/C6H8O4S/c1-6(2,11)3-4(7)10-5(8)9-3/h3,11H,1-2H3. The zero-order valence-electron chi connectivity index (χ0n) is 6.16. The lowest BCUT2D eigenvalue weighted by atomic mass is 10.1. The van der Waals surface area contributed by atoms with Gasteiger partial charge in [0.05, 0.1) is 4.75 Å². The normalized spacial score (nSPS) is 24.8. The molecule has 1 saturated heterocycles. The number of hydrogen-bond acceptors (Lipinski definition) is 5. The van der Waals surface area contributed by atoms with Crippen molar-refractivity contribution in [3.63, 3.8) is 0 Å². The molecule has 0 aromatic rings. The summed E-state index contributed by atoms with van der Waals surface area (Å²) in [4.78, 5) is 21.2. The van der Waals surface area contributed by atoms with Crippen molar-refractivity contribution in [2.24, 2.45) is 0 Å². The zero-order chi connectivity index (χ0) is 8.65. The Morgan fingerprint density at radius 1 is 1.45 bits per heavy atom. The van der Waals surface area contributed by atoms with Crippen LogP contribution < -0.4 is 0 Å². The fourth-order valence-corrected chi connectivity index (χ4v) is 0.895. The third-order valence-corrected chi connectivity index (χ3v) is 1.49. The summed E-state index contributed by atoms with van der Waals surface area (Å²) in [6, 6.07) is 0. The van der Waals surface area contributed by atoms with Crippen LogP contribution in [0.3, 0.4) is 0 Å². The zero-order valence-corrected chi connectivity index (χ0v) is 7.05. The van der Waals surface area contributed by atoms with Crippen LogP contribution in [-0.2, 0) is 14.3 Å². The molecule has 0 aromatic carbocycles. The van der Waals surface area contributed by atoms with Gasteiger partial charge in [-0.2, -0.15) is 12.6 Å². The van der Waals surface area contributed by atoms with E-state index in [2.05, 4.69) is 22.1 Å². The molecule has 1 rings (SSSR count). The molecule has 0 bridgehead atoms. The number of ether oxygens (including phenoxy) is 2. The second kappa shape index (κ2) is 2.41. The van der Waals surface area contributed by atoms with E-state index in [0.29, 0.717) is 0 Å². The lowest BCUT2D eigenvalue weighted by Crippen LogP contribution is -2.35. The Bertz CT molecular complexity index is 205. The molecule has 0 radical (unpaired) electrons. The largest absolute Gasteiger partial charge is 0.517 e. The molecule has 0 amide bonds. The monoisotopic (exact) mass is 176 g/mol. The number of esters is 1. The first kappa shape index (κ1) is 8.39. The molecule has 1 atom stereocenters. The predicted molar refractivity (Wildman–Crippen MR) is 39.4 cm³/mol. The highest BCUT2D eigenvalue weighted by molar-refractivity contribution is 7.81. The molecule has 1 unspecified atom stereocenters. The molecule has 0 aromatic heterocycles. The van der Waals surface area contributed by atoms with E-state index < -0.39 is 23.0 Å². The van der Waals surface area contributed by atoms with Crippen LogP contribution in [0.1, 0.15) is 13.8 Å². The predicted octanol–water partition coefficient (Wildman–Crippen LogP) is 0.757. The molecule has 0 spiro atoms. The Kier molecular flexibility index (Phi) is 1.83. The molecule has 11 heavy (non-hydrogen) atoms. The molecule has 0 N–H and O–H groups in total. The Morgan fingerprint density at radius 2 is 2.00 bits per heavy atom. The van der Waals surface area contributed by atoms with Crippen molar-refractivity contribution in [3.8, 4) is 0 Å². The van der Waals surface area contributed by atoms with Gasteiger partial charge >= 0.3 is 12.1 Å². The first-order valence-corrected chi connectivity index (χ1v) is 3.50. The van der Waals surface area contributed by atoms with Gasteiger partial charge in [-0.3, -0.25) is 0 Å². The molecule has 1 heterocycles. The van der Waals surface area contributed by atoms with Gasteiger partial charge in [0.2, 0.25) is 6.10 Å². The smallest absolute Gasteiger partial charge is 0.417 e. The minimum atomic E-state index is -0.942. The highest BCUT2D eigenvalue weighted by Gasteiger charge is 2.44. The quantitative estimate of drug-likeness (QED) is 0.364. The summed E-state index contributed by atoms with van der Waals surface area (Å²) in [6.45, 7) is 3.33. The fraction of sp³-hybridized carbons (Fsp3) is 0.667. The van der Waals surface area contributed by atoms with Crippen molar-refractivity contribution < 1.29 is 19.1 Å². The second-order valence-corrected chi connectivity index (χ2v) is 3.98. The van der Waals surface area contributed by atoms with Crippen molar-refractivity contribution >= 4 is 24.8 Å². The van der Waals surface area contributed by atoms with Gasteiger partial charge in [0, 0.05) is 0 Å². The van der Waals surface area contributed by atoms with Gasteiger partial charge in [-0.15, -0.1) is 0 Å². The van der Waals surface area contributed by atoms with E-state index in [9.17, 15) is 9.59 Å². The van der Waals surface area contributed by atoms with Crippen LogP contribution in [0, 0.1) is 0 Å². The molecule has 1 aliphatic rings. The lowest BCUT2D eigenvalue weighted by molar-refractivity contribution is -0.137. The maximum Gasteiger partial charge on any atom is 0.517 e. The van der Waals surface area contributed by atoms with Crippen LogP contribution in [0.5, 0.6) is 0 Å². The van der Waals surface area contributed by atoms with E-state index in [0.717, 1.165) is 0 Å². The van der Waals surface area contributed by atoms with E-state index in [1.165, 1.54) is 0 Å². The summed E-state index contributed by atoms with van der Waals surface area (Å²) < 4.78 is 8.01.